The topological polar surface area (TPSA) is 54.0 Å². The second-order valence-corrected chi connectivity index (χ2v) is 5.08. The van der Waals surface area contributed by atoms with Gasteiger partial charge in [0.25, 0.3) is 0 Å². The summed E-state index contributed by atoms with van der Waals surface area (Å²) >= 11 is 0. The molecule has 106 valence electrons. The van der Waals surface area contributed by atoms with Gasteiger partial charge >= 0.3 is 0 Å². The summed E-state index contributed by atoms with van der Waals surface area (Å²) < 4.78 is 5.73. The van der Waals surface area contributed by atoms with Gasteiger partial charge in [-0.25, -0.2) is 0 Å². The van der Waals surface area contributed by atoms with Gasteiger partial charge in [-0.3, -0.25) is 4.79 Å². The minimum absolute atomic E-state index is 0.0515. The lowest BCUT2D eigenvalue weighted by Crippen LogP contribution is -2.00. The number of nitriles is 1. The molecule has 0 unspecified atom stereocenters. The average molecular weight is 287 g/mol. The molecule has 0 radical (unpaired) electrons. The first kappa shape index (κ1) is 13.8. The summed E-state index contributed by atoms with van der Waals surface area (Å²) in [6.45, 7) is 1.94. The van der Waals surface area contributed by atoms with Crippen LogP contribution in [-0.2, 0) is 0 Å². The maximum Gasteiger partial charge on any atom is 0.193 e. The van der Waals surface area contributed by atoms with Crippen LogP contribution in [0, 0.1) is 18.3 Å². The van der Waals surface area contributed by atoms with Crippen molar-refractivity contribution in [2.75, 3.05) is 0 Å². The Hall–Kier alpha value is -3.12. The highest BCUT2D eigenvalue weighted by Gasteiger charge is 2.03. The molecule has 0 bridgehead atoms. The van der Waals surface area contributed by atoms with Gasteiger partial charge < -0.3 is 4.42 Å². The van der Waals surface area contributed by atoms with Gasteiger partial charge in [0.1, 0.15) is 11.3 Å². The number of hydrogen-bond acceptors (Lipinski definition) is 3. The van der Waals surface area contributed by atoms with Crippen molar-refractivity contribution in [3.63, 3.8) is 0 Å². The number of benzene rings is 2. The van der Waals surface area contributed by atoms with Gasteiger partial charge in [-0.2, -0.15) is 5.26 Å². The first-order chi connectivity index (χ1) is 10.7. The van der Waals surface area contributed by atoms with Crippen molar-refractivity contribution in [1.29, 1.82) is 5.26 Å². The second kappa shape index (κ2) is 5.71. The molecule has 0 aliphatic heterocycles. The molecule has 0 atom stereocenters. The van der Waals surface area contributed by atoms with Gasteiger partial charge in [0.05, 0.1) is 17.0 Å². The van der Waals surface area contributed by atoms with Gasteiger partial charge in [0.15, 0.2) is 5.43 Å². The minimum Gasteiger partial charge on any atom is -0.456 e. The Morgan fingerprint density at radius 1 is 1.05 bits per heavy atom. The molecule has 3 heteroatoms. The highest BCUT2D eigenvalue weighted by molar-refractivity contribution is 5.79. The summed E-state index contributed by atoms with van der Waals surface area (Å²) in [6.07, 6.45) is 3.60. The van der Waals surface area contributed by atoms with Crippen molar-refractivity contribution in [3.8, 4) is 6.07 Å². The SMILES string of the molecule is Cc1ccc2oc(C=Cc3ccc(C#N)cc3)cc(=O)c2c1. The third-order valence-electron chi connectivity index (χ3n) is 3.38. The third kappa shape index (κ3) is 2.82. The summed E-state index contributed by atoms with van der Waals surface area (Å²) in [5, 5.41) is 9.36. The minimum atomic E-state index is -0.0515. The summed E-state index contributed by atoms with van der Waals surface area (Å²) in [4.78, 5) is 12.1. The van der Waals surface area contributed by atoms with E-state index in [-0.39, 0.29) is 5.43 Å². The molecule has 0 saturated heterocycles. The molecule has 2 aromatic carbocycles. The number of aryl methyl sites for hydroxylation is 1. The van der Waals surface area contributed by atoms with Crippen LogP contribution in [0.1, 0.15) is 22.5 Å². The Kier molecular flexibility index (Phi) is 3.59. The van der Waals surface area contributed by atoms with Crippen LogP contribution in [0.2, 0.25) is 0 Å². The molecular weight excluding hydrogens is 274 g/mol. The maximum atomic E-state index is 12.1. The van der Waals surface area contributed by atoms with Gasteiger partial charge in [0.2, 0.25) is 0 Å². The van der Waals surface area contributed by atoms with Gasteiger partial charge in [-0.1, -0.05) is 29.8 Å². The predicted octanol–water partition coefficient (Wildman–Crippen LogP) is 4.14. The molecule has 1 aromatic heterocycles. The zero-order valence-corrected chi connectivity index (χ0v) is 12.0. The number of rotatable bonds is 2. The summed E-state index contributed by atoms with van der Waals surface area (Å²) in [6, 6.07) is 16.3. The molecule has 0 fully saturated rings. The zero-order valence-electron chi connectivity index (χ0n) is 12.0. The van der Waals surface area contributed by atoms with E-state index in [1.54, 1.807) is 18.2 Å². The quantitative estimate of drug-likeness (QED) is 0.711. The van der Waals surface area contributed by atoms with E-state index in [4.69, 9.17) is 9.68 Å². The lowest BCUT2D eigenvalue weighted by atomic mass is 10.1. The van der Waals surface area contributed by atoms with E-state index < -0.39 is 0 Å². The molecule has 0 aliphatic carbocycles. The highest BCUT2D eigenvalue weighted by Crippen LogP contribution is 2.16. The molecule has 3 rings (SSSR count). The molecule has 0 spiro atoms. The van der Waals surface area contributed by atoms with Crippen molar-refractivity contribution in [2.45, 2.75) is 6.92 Å². The van der Waals surface area contributed by atoms with E-state index >= 15 is 0 Å². The third-order valence-corrected chi connectivity index (χ3v) is 3.38. The summed E-state index contributed by atoms with van der Waals surface area (Å²) in [5.41, 5.74) is 3.11. The standard InChI is InChI=1S/C19H13NO2/c1-13-2-9-19-17(10-13)18(21)11-16(22-19)8-7-14-3-5-15(12-20)6-4-14/h2-11H,1H3. The molecule has 0 N–H and O–H groups in total. The van der Waals surface area contributed by atoms with Crippen LogP contribution >= 0.6 is 0 Å². The van der Waals surface area contributed by atoms with Crippen LogP contribution in [0.15, 0.2) is 57.7 Å². The number of fused-ring (bicyclic) bond motifs is 1. The molecule has 3 aromatic rings. The summed E-state index contributed by atoms with van der Waals surface area (Å²) in [7, 11) is 0. The van der Waals surface area contributed by atoms with Crippen molar-refractivity contribution in [1.82, 2.24) is 0 Å². The monoisotopic (exact) mass is 287 g/mol. The van der Waals surface area contributed by atoms with E-state index in [0.29, 0.717) is 22.3 Å². The predicted molar refractivity (Wildman–Crippen MR) is 87.3 cm³/mol. The Morgan fingerprint density at radius 2 is 1.82 bits per heavy atom. The number of nitrogens with zero attached hydrogens (tertiary/aromatic N) is 1. The van der Waals surface area contributed by atoms with E-state index in [0.717, 1.165) is 11.1 Å². The van der Waals surface area contributed by atoms with Gasteiger partial charge in [-0.05, 0) is 42.8 Å². The fourth-order valence-corrected chi connectivity index (χ4v) is 2.22. The highest BCUT2D eigenvalue weighted by atomic mass is 16.3. The van der Waals surface area contributed by atoms with Crippen LogP contribution in [0.3, 0.4) is 0 Å². The van der Waals surface area contributed by atoms with E-state index in [2.05, 4.69) is 6.07 Å². The smallest absolute Gasteiger partial charge is 0.193 e. The molecule has 22 heavy (non-hydrogen) atoms. The van der Waals surface area contributed by atoms with E-state index in [1.165, 1.54) is 6.07 Å². The molecule has 1 heterocycles. The fourth-order valence-electron chi connectivity index (χ4n) is 2.22. The Bertz CT molecular complexity index is 957. The van der Waals surface area contributed by atoms with Crippen LogP contribution in [0.5, 0.6) is 0 Å². The zero-order chi connectivity index (χ0) is 15.5. The molecule has 0 amide bonds. The van der Waals surface area contributed by atoms with E-state index in [1.807, 2.05) is 43.3 Å². The molecule has 0 aliphatic rings. The average Bonchev–Trinajstić information content (AvgIpc) is 2.54. The lowest BCUT2D eigenvalue weighted by molar-refractivity contribution is 0.591. The maximum absolute atomic E-state index is 12.1. The fraction of sp³-hybridized carbons (Fsp3) is 0.0526. The van der Waals surface area contributed by atoms with E-state index in [9.17, 15) is 4.79 Å². The Morgan fingerprint density at radius 3 is 2.55 bits per heavy atom. The van der Waals surface area contributed by atoms with Crippen LogP contribution < -0.4 is 5.43 Å². The molecule has 3 nitrogen and oxygen atoms in total. The van der Waals surface area contributed by atoms with Gasteiger partial charge in [-0.15, -0.1) is 0 Å². The van der Waals surface area contributed by atoms with Crippen molar-refractivity contribution in [2.24, 2.45) is 0 Å². The van der Waals surface area contributed by atoms with Crippen molar-refractivity contribution in [3.05, 3.63) is 81.2 Å². The molecule has 0 saturated carbocycles. The largest absolute Gasteiger partial charge is 0.456 e. The Balaban J connectivity index is 1.96. The number of hydrogen-bond donors (Lipinski definition) is 0. The first-order valence-corrected chi connectivity index (χ1v) is 6.88. The first-order valence-electron chi connectivity index (χ1n) is 6.88. The Labute approximate surface area is 127 Å². The van der Waals surface area contributed by atoms with Crippen LogP contribution in [0.25, 0.3) is 23.1 Å². The van der Waals surface area contributed by atoms with Crippen molar-refractivity contribution >= 4 is 23.1 Å². The van der Waals surface area contributed by atoms with Crippen LogP contribution in [-0.4, -0.2) is 0 Å². The van der Waals surface area contributed by atoms with Crippen molar-refractivity contribution < 1.29 is 4.42 Å². The van der Waals surface area contributed by atoms with Gasteiger partial charge in [0, 0.05) is 6.07 Å². The van der Waals surface area contributed by atoms with Crippen LogP contribution in [0.4, 0.5) is 0 Å². The molecular formula is C19H13NO2. The lowest BCUT2D eigenvalue weighted by Gasteiger charge is -2.00. The normalized spacial score (nSPS) is 10.9. The second-order valence-electron chi connectivity index (χ2n) is 5.08. The summed E-state index contributed by atoms with van der Waals surface area (Å²) in [5.74, 6) is 0.505.